The Labute approximate surface area is 88.6 Å². The summed E-state index contributed by atoms with van der Waals surface area (Å²) in [5.41, 5.74) is 6.28. The molecule has 0 aromatic carbocycles. The number of hydrogen-bond acceptors (Lipinski definition) is 4. The third-order valence-corrected chi connectivity index (χ3v) is 1.77. The zero-order valence-corrected chi connectivity index (χ0v) is 8.90. The molecule has 0 spiro atoms. The van der Waals surface area contributed by atoms with Crippen molar-refractivity contribution in [1.29, 1.82) is 0 Å². The van der Waals surface area contributed by atoms with Gasteiger partial charge in [0.15, 0.2) is 0 Å². The van der Waals surface area contributed by atoms with E-state index in [1.165, 1.54) is 6.20 Å². The summed E-state index contributed by atoms with van der Waals surface area (Å²) < 4.78 is 0. The second kappa shape index (κ2) is 4.54. The smallest absolute Gasteiger partial charge is 0.268 e. The van der Waals surface area contributed by atoms with E-state index >= 15 is 0 Å². The van der Waals surface area contributed by atoms with Gasteiger partial charge in [-0.3, -0.25) is 9.78 Å². The fraction of sp³-hybridized carbons (Fsp3) is 0.300. The van der Waals surface area contributed by atoms with Gasteiger partial charge in [0.2, 0.25) is 0 Å². The Kier molecular flexibility index (Phi) is 3.38. The number of likely N-dealkylation sites (N-methyl/N-ethyl adjacent to an activating group) is 1. The molecule has 0 fully saturated rings. The van der Waals surface area contributed by atoms with Crippen LogP contribution in [-0.4, -0.2) is 29.5 Å². The maximum Gasteiger partial charge on any atom is 0.268 e. The highest BCUT2D eigenvalue weighted by Crippen LogP contribution is 2.08. The lowest BCUT2D eigenvalue weighted by atomic mass is 10.3. The number of aromatic nitrogens is 2. The second-order valence-corrected chi connectivity index (χ2v) is 3.44. The molecule has 2 N–H and O–H groups in total. The Bertz CT molecular complexity index is 389. The summed E-state index contributed by atoms with van der Waals surface area (Å²) in [6, 6.07) is 0. The van der Waals surface area contributed by atoms with Crippen LogP contribution < -0.4 is 10.6 Å². The molecule has 0 aliphatic carbocycles. The number of anilines is 1. The average molecular weight is 206 g/mol. The Morgan fingerprint density at radius 3 is 2.80 bits per heavy atom. The third-order valence-electron chi connectivity index (χ3n) is 1.77. The van der Waals surface area contributed by atoms with Crippen LogP contribution >= 0.6 is 0 Å². The van der Waals surface area contributed by atoms with Crippen LogP contribution in [0.5, 0.6) is 0 Å². The topological polar surface area (TPSA) is 72.1 Å². The Balaban J connectivity index is 2.89. The Hall–Kier alpha value is -1.91. The van der Waals surface area contributed by atoms with Gasteiger partial charge in [0.05, 0.1) is 12.4 Å². The Morgan fingerprint density at radius 1 is 1.60 bits per heavy atom. The van der Waals surface area contributed by atoms with Gasteiger partial charge in [0, 0.05) is 13.6 Å². The molecule has 1 rings (SSSR count). The van der Waals surface area contributed by atoms with Gasteiger partial charge in [0.1, 0.15) is 11.5 Å². The van der Waals surface area contributed by atoms with E-state index in [9.17, 15) is 4.79 Å². The molecule has 0 bridgehead atoms. The lowest BCUT2D eigenvalue weighted by molar-refractivity contribution is 0.0995. The van der Waals surface area contributed by atoms with Gasteiger partial charge in [-0.1, -0.05) is 12.2 Å². The minimum absolute atomic E-state index is 0.168. The van der Waals surface area contributed by atoms with E-state index < -0.39 is 5.91 Å². The fourth-order valence-electron chi connectivity index (χ4n) is 1.14. The summed E-state index contributed by atoms with van der Waals surface area (Å²) in [5, 5.41) is 0. The third kappa shape index (κ3) is 3.05. The maximum atomic E-state index is 10.9. The fourth-order valence-corrected chi connectivity index (χ4v) is 1.14. The van der Waals surface area contributed by atoms with Crippen molar-refractivity contribution in [3.05, 3.63) is 30.2 Å². The molecule has 0 aliphatic rings. The van der Waals surface area contributed by atoms with Crippen LogP contribution in [0.1, 0.15) is 17.4 Å². The van der Waals surface area contributed by atoms with Crippen molar-refractivity contribution in [2.45, 2.75) is 6.92 Å². The molecule has 1 amide bonds. The molecular weight excluding hydrogens is 192 g/mol. The van der Waals surface area contributed by atoms with Crippen molar-refractivity contribution in [3.63, 3.8) is 0 Å². The number of nitrogens with zero attached hydrogens (tertiary/aromatic N) is 3. The van der Waals surface area contributed by atoms with Crippen molar-refractivity contribution in [1.82, 2.24) is 9.97 Å². The molecular formula is C10H14N4O. The molecule has 1 heterocycles. The summed E-state index contributed by atoms with van der Waals surface area (Å²) in [6.07, 6.45) is 2.93. The molecule has 0 saturated carbocycles. The van der Waals surface area contributed by atoms with Crippen molar-refractivity contribution < 1.29 is 4.79 Å². The second-order valence-electron chi connectivity index (χ2n) is 3.44. The van der Waals surface area contributed by atoms with Crippen LogP contribution in [0.25, 0.3) is 0 Å². The van der Waals surface area contributed by atoms with E-state index in [1.807, 2.05) is 18.9 Å². The quantitative estimate of drug-likeness (QED) is 0.732. The summed E-state index contributed by atoms with van der Waals surface area (Å²) >= 11 is 0. The van der Waals surface area contributed by atoms with Gasteiger partial charge in [0.25, 0.3) is 5.91 Å². The lowest BCUT2D eigenvalue weighted by Gasteiger charge is -2.17. The van der Waals surface area contributed by atoms with Crippen LogP contribution in [-0.2, 0) is 0 Å². The van der Waals surface area contributed by atoms with E-state index in [2.05, 4.69) is 16.5 Å². The number of carbonyl (C=O) groups excluding carboxylic acids is 1. The first-order valence-corrected chi connectivity index (χ1v) is 4.48. The molecule has 80 valence electrons. The van der Waals surface area contributed by atoms with Crippen LogP contribution in [0.15, 0.2) is 24.5 Å². The lowest BCUT2D eigenvalue weighted by Crippen LogP contribution is -2.22. The van der Waals surface area contributed by atoms with E-state index in [0.29, 0.717) is 12.4 Å². The number of amides is 1. The summed E-state index contributed by atoms with van der Waals surface area (Å²) in [5.74, 6) is 0.0300. The molecule has 5 nitrogen and oxygen atoms in total. The van der Waals surface area contributed by atoms with Crippen LogP contribution in [0, 0.1) is 0 Å². The van der Waals surface area contributed by atoms with Gasteiger partial charge < -0.3 is 10.6 Å². The first kappa shape index (κ1) is 11.2. The monoisotopic (exact) mass is 206 g/mol. The highest BCUT2D eigenvalue weighted by molar-refractivity contribution is 5.90. The zero-order valence-electron chi connectivity index (χ0n) is 8.90. The molecule has 1 aromatic rings. The summed E-state index contributed by atoms with van der Waals surface area (Å²) in [7, 11) is 1.85. The molecule has 1 aromatic heterocycles. The SMILES string of the molecule is C=C(C)CN(C)c1cncc(C(N)=O)n1. The number of primary amides is 1. The standard InChI is InChI=1S/C10H14N4O/c1-7(2)6-14(3)9-5-12-4-8(13-9)10(11)15/h4-5H,1,6H2,2-3H3,(H2,11,15). The maximum absolute atomic E-state index is 10.9. The largest absolute Gasteiger partial charge is 0.364 e. The van der Waals surface area contributed by atoms with Crippen molar-refractivity contribution in [2.24, 2.45) is 5.73 Å². The number of carbonyl (C=O) groups is 1. The van der Waals surface area contributed by atoms with Crippen molar-refractivity contribution in [2.75, 3.05) is 18.5 Å². The molecule has 0 atom stereocenters. The minimum Gasteiger partial charge on any atom is -0.364 e. The summed E-state index contributed by atoms with van der Waals surface area (Å²) in [4.78, 5) is 20.7. The molecule has 0 unspecified atom stereocenters. The van der Waals surface area contributed by atoms with Crippen molar-refractivity contribution >= 4 is 11.7 Å². The number of nitrogens with two attached hydrogens (primary N) is 1. The molecule has 15 heavy (non-hydrogen) atoms. The van der Waals surface area contributed by atoms with Crippen LogP contribution in [0.3, 0.4) is 0 Å². The van der Waals surface area contributed by atoms with E-state index in [0.717, 1.165) is 5.57 Å². The molecule has 0 aliphatic heterocycles. The molecule has 5 heteroatoms. The van der Waals surface area contributed by atoms with E-state index in [4.69, 9.17) is 5.73 Å². The first-order valence-electron chi connectivity index (χ1n) is 4.48. The number of hydrogen-bond donors (Lipinski definition) is 1. The number of rotatable bonds is 4. The Morgan fingerprint density at radius 2 is 2.27 bits per heavy atom. The molecule has 0 radical (unpaired) electrons. The van der Waals surface area contributed by atoms with Gasteiger partial charge in [-0.2, -0.15) is 0 Å². The first-order chi connectivity index (χ1) is 7.00. The highest BCUT2D eigenvalue weighted by Gasteiger charge is 2.07. The van der Waals surface area contributed by atoms with Gasteiger partial charge >= 0.3 is 0 Å². The average Bonchev–Trinajstić information content (AvgIpc) is 2.17. The zero-order chi connectivity index (χ0) is 11.4. The highest BCUT2D eigenvalue weighted by atomic mass is 16.1. The normalized spacial score (nSPS) is 9.73. The van der Waals surface area contributed by atoms with Crippen LogP contribution in [0.4, 0.5) is 5.82 Å². The predicted molar refractivity (Wildman–Crippen MR) is 58.6 cm³/mol. The van der Waals surface area contributed by atoms with Crippen LogP contribution in [0.2, 0.25) is 0 Å². The van der Waals surface area contributed by atoms with E-state index in [1.54, 1.807) is 6.20 Å². The van der Waals surface area contributed by atoms with Gasteiger partial charge in [-0.05, 0) is 6.92 Å². The van der Waals surface area contributed by atoms with Gasteiger partial charge in [-0.15, -0.1) is 0 Å². The predicted octanol–water partition coefficient (Wildman–Crippen LogP) is 0.588. The molecule has 0 saturated heterocycles. The summed E-state index contributed by atoms with van der Waals surface area (Å²) in [6.45, 7) is 6.38. The van der Waals surface area contributed by atoms with E-state index in [-0.39, 0.29) is 5.69 Å². The minimum atomic E-state index is -0.576. The van der Waals surface area contributed by atoms with Gasteiger partial charge in [-0.25, -0.2) is 4.98 Å². The van der Waals surface area contributed by atoms with Crippen molar-refractivity contribution in [3.8, 4) is 0 Å².